The first-order valence-corrected chi connectivity index (χ1v) is 4.71. The second-order valence-corrected chi connectivity index (χ2v) is 3.92. The number of benzene rings is 1. The highest BCUT2D eigenvalue weighted by Crippen LogP contribution is 2.27. The zero-order chi connectivity index (χ0) is 9.42. The fraction of sp³-hybridized carbons (Fsp3) is 0.100. The molecule has 0 spiro atoms. The van der Waals surface area contributed by atoms with Crippen LogP contribution in [0, 0.1) is 6.92 Å². The first-order valence-electron chi connectivity index (χ1n) is 3.92. The van der Waals surface area contributed by atoms with E-state index in [1.807, 2.05) is 19.1 Å². The minimum Gasteiger partial charge on any atom is -0.506 e. The quantitative estimate of drug-likeness (QED) is 0.765. The van der Waals surface area contributed by atoms with Gasteiger partial charge in [0.25, 0.3) is 0 Å². The molecule has 2 rings (SSSR count). The van der Waals surface area contributed by atoms with Crippen LogP contribution in [0.2, 0.25) is 0 Å². The lowest BCUT2D eigenvalue weighted by molar-refractivity contribution is 0.480. The van der Waals surface area contributed by atoms with Crippen LogP contribution >= 0.6 is 15.9 Å². The van der Waals surface area contributed by atoms with Gasteiger partial charge in [0.15, 0.2) is 0 Å². The van der Waals surface area contributed by atoms with Crippen molar-refractivity contribution in [2.75, 3.05) is 0 Å². The van der Waals surface area contributed by atoms with Crippen molar-refractivity contribution < 1.29 is 5.11 Å². The molecule has 0 aliphatic rings. The fourth-order valence-corrected chi connectivity index (χ4v) is 1.77. The van der Waals surface area contributed by atoms with Gasteiger partial charge in [0.1, 0.15) is 11.3 Å². The summed E-state index contributed by atoms with van der Waals surface area (Å²) >= 11 is 3.32. The van der Waals surface area contributed by atoms with Gasteiger partial charge in [0, 0.05) is 16.1 Å². The molecule has 0 amide bonds. The van der Waals surface area contributed by atoms with Crippen molar-refractivity contribution in [2.24, 2.45) is 0 Å². The molecule has 0 unspecified atom stereocenters. The molecule has 1 heterocycles. The molecule has 13 heavy (non-hydrogen) atoms. The van der Waals surface area contributed by atoms with E-state index in [1.54, 1.807) is 12.3 Å². The number of hydrogen-bond donors (Lipinski definition) is 1. The number of aryl methyl sites for hydroxylation is 1. The Labute approximate surface area is 84.4 Å². The maximum Gasteiger partial charge on any atom is 0.142 e. The predicted molar refractivity (Wildman–Crippen MR) is 55.8 cm³/mol. The summed E-state index contributed by atoms with van der Waals surface area (Å²) in [6.45, 7) is 1.98. The van der Waals surface area contributed by atoms with Gasteiger partial charge in [0.2, 0.25) is 0 Å². The van der Waals surface area contributed by atoms with E-state index in [0.717, 1.165) is 15.4 Å². The summed E-state index contributed by atoms with van der Waals surface area (Å²) in [5.74, 6) is 0.212. The van der Waals surface area contributed by atoms with E-state index in [2.05, 4.69) is 20.9 Å². The molecule has 0 saturated carbocycles. The van der Waals surface area contributed by atoms with Gasteiger partial charge in [-0.05, 0) is 30.7 Å². The number of rotatable bonds is 0. The van der Waals surface area contributed by atoms with Crippen LogP contribution in [-0.4, -0.2) is 10.1 Å². The molecular formula is C10H8BrNO. The Hall–Kier alpha value is -1.09. The standard InChI is InChI=1S/C10H8BrNO/c1-6-2-7-3-8(11)4-9(13)10(7)12-5-6/h2-5,13H,1H3. The highest BCUT2D eigenvalue weighted by molar-refractivity contribution is 9.10. The predicted octanol–water partition coefficient (Wildman–Crippen LogP) is 3.01. The van der Waals surface area contributed by atoms with Gasteiger partial charge in [-0.3, -0.25) is 4.98 Å². The Balaban J connectivity index is 2.86. The lowest BCUT2D eigenvalue weighted by Gasteiger charge is -2.01. The normalized spacial score (nSPS) is 10.6. The summed E-state index contributed by atoms with van der Waals surface area (Å²) in [5, 5.41) is 10.5. The van der Waals surface area contributed by atoms with Crippen LogP contribution in [0.25, 0.3) is 10.9 Å². The third kappa shape index (κ3) is 1.52. The van der Waals surface area contributed by atoms with Gasteiger partial charge in [-0.15, -0.1) is 0 Å². The van der Waals surface area contributed by atoms with E-state index in [0.29, 0.717) is 5.52 Å². The van der Waals surface area contributed by atoms with Crippen LogP contribution in [-0.2, 0) is 0 Å². The highest BCUT2D eigenvalue weighted by atomic mass is 79.9. The monoisotopic (exact) mass is 237 g/mol. The topological polar surface area (TPSA) is 33.1 Å². The van der Waals surface area contributed by atoms with E-state index in [1.165, 1.54) is 0 Å². The van der Waals surface area contributed by atoms with Crippen molar-refractivity contribution >= 4 is 26.8 Å². The number of aromatic hydroxyl groups is 1. The molecule has 0 radical (unpaired) electrons. The summed E-state index contributed by atoms with van der Waals surface area (Å²) in [7, 11) is 0. The van der Waals surface area contributed by atoms with Gasteiger partial charge < -0.3 is 5.11 Å². The smallest absolute Gasteiger partial charge is 0.142 e. The molecule has 1 aromatic heterocycles. The fourth-order valence-electron chi connectivity index (χ4n) is 1.31. The molecule has 0 saturated heterocycles. The molecule has 0 aliphatic carbocycles. The molecule has 0 atom stereocenters. The second kappa shape index (κ2) is 3.00. The zero-order valence-corrected chi connectivity index (χ0v) is 8.67. The van der Waals surface area contributed by atoms with Crippen molar-refractivity contribution in [1.29, 1.82) is 0 Å². The Morgan fingerprint density at radius 2 is 2.08 bits per heavy atom. The zero-order valence-electron chi connectivity index (χ0n) is 7.08. The first kappa shape index (κ1) is 8.51. The van der Waals surface area contributed by atoms with Crippen molar-refractivity contribution in [3.63, 3.8) is 0 Å². The number of fused-ring (bicyclic) bond motifs is 1. The molecule has 0 bridgehead atoms. The number of phenols is 1. The largest absolute Gasteiger partial charge is 0.506 e. The van der Waals surface area contributed by atoms with E-state index in [4.69, 9.17) is 0 Å². The molecule has 2 aromatic rings. The first-order chi connectivity index (χ1) is 6.16. The number of phenolic OH excluding ortho intramolecular Hbond substituents is 1. The van der Waals surface area contributed by atoms with Gasteiger partial charge in [0.05, 0.1) is 0 Å². The molecule has 0 aliphatic heterocycles. The van der Waals surface area contributed by atoms with Crippen molar-refractivity contribution in [2.45, 2.75) is 6.92 Å². The van der Waals surface area contributed by atoms with Gasteiger partial charge in [-0.2, -0.15) is 0 Å². The van der Waals surface area contributed by atoms with Crippen molar-refractivity contribution in [3.05, 3.63) is 34.4 Å². The number of hydrogen-bond acceptors (Lipinski definition) is 2. The Bertz CT molecular complexity index is 462. The summed E-state index contributed by atoms with van der Waals surface area (Å²) in [6.07, 6.45) is 1.75. The van der Waals surface area contributed by atoms with Gasteiger partial charge in [-0.25, -0.2) is 0 Å². The molecule has 66 valence electrons. The average molecular weight is 238 g/mol. The van der Waals surface area contributed by atoms with E-state index in [-0.39, 0.29) is 5.75 Å². The van der Waals surface area contributed by atoms with Crippen LogP contribution in [0.5, 0.6) is 5.75 Å². The molecule has 2 nitrogen and oxygen atoms in total. The van der Waals surface area contributed by atoms with Crippen molar-refractivity contribution in [3.8, 4) is 5.75 Å². The highest BCUT2D eigenvalue weighted by Gasteiger charge is 2.02. The maximum atomic E-state index is 9.55. The SMILES string of the molecule is Cc1cnc2c(O)cc(Br)cc2c1. The Morgan fingerprint density at radius 1 is 1.31 bits per heavy atom. The van der Waals surface area contributed by atoms with Crippen LogP contribution in [0.15, 0.2) is 28.9 Å². The minimum atomic E-state index is 0.212. The van der Waals surface area contributed by atoms with Crippen molar-refractivity contribution in [1.82, 2.24) is 4.98 Å². The Kier molecular flexibility index (Phi) is 1.96. The summed E-state index contributed by atoms with van der Waals surface area (Å²) in [6, 6.07) is 5.58. The Morgan fingerprint density at radius 3 is 2.85 bits per heavy atom. The third-order valence-corrected chi connectivity index (χ3v) is 2.32. The van der Waals surface area contributed by atoms with Gasteiger partial charge in [-0.1, -0.05) is 15.9 Å². The third-order valence-electron chi connectivity index (χ3n) is 1.86. The number of halogens is 1. The lowest BCUT2D eigenvalue weighted by atomic mass is 10.1. The molecule has 1 N–H and O–H groups in total. The second-order valence-electron chi connectivity index (χ2n) is 3.01. The number of aromatic nitrogens is 1. The van der Waals surface area contributed by atoms with Crippen LogP contribution in [0.3, 0.4) is 0 Å². The molecule has 1 aromatic carbocycles. The summed E-state index contributed by atoms with van der Waals surface area (Å²) < 4.78 is 0.866. The van der Waals surface area contributed by atoms with E-state index in [9.17, 15) is 5.11 Å². The average Bonchev–Trinajstić information content (AvgIpc) is 2.02. The summed E-state index contributed by atoms with van der Waals surface area (Å²) in [4.78, 5) is 4.15. The van der Waals surface area contributed by atoms with Crippen LogP contribution in [0.4, 0.5) is 0 Å². The minimum absolute atomic E-state index is 0.212. The number of nitrogens with zero attached hydrogens (tertiary/aromatic N) is 1. The molecular weight excluding hydrogens is 230 g/mol. The van der Waals surface area contributed by atoms with Crippen LogP contribution in [0.1, 0.15) is 5.56 Å². The van der Waals surface area contributed by atoms with Crippen LogP contribution < -0.4 is 0 Å². The van der Waals surface area contributed by atoms with E-state index < -0.39 is 0 Å². The maximum absolute atomic E-state index is 9.55. The van der Waals surface area contributed by atoms with Gasteiger partial charge >= 0.3 is 0 Å². The lowest BCUT2D eigenvalue weighted by Crippen LogP contribution is -1.82. The number of pyridine rings is 1. The van der Waals surface area contributed by atoms with E-state index >= 15 is 0 Å². The molecule has 0 fully saturated rings. The molecule has 3 heteroatoms. The summed E-state index contributed by atoms with van der Waals surface area (Å²) in [5.41, 5.74) is 1.74.